The van der Waals surface area contributed by atoms with Gasteiger partial charge in [-0.2, -0.15) is 10.2 Å². The van der Waals surface area contributed by atoms with Gasteiger partial charge >= 0.3 is 0 Å². The van der Waals surface area contributed by atoms with Crippen LogP contribution in [0.15, 0.2) is 107 Å². The molecule has 0 heterocycles. The molecule has 0 unspecified atom stereocenters. The van der Waals surface area contributed by atoms with E-state index in [1.165, 1.54) is 0 Å². The van der Waals surface area contributed by atoms with E-state index in [-0.39, 0.29) is 36.5 Å². The van der Waals surface area contributed by atoms with Crippen molar-refractivity contribution in [3.63, 3.8) is 0 Å². The van der Waals surface area contributed by atoms with Crippen molar-refractivity contribution in [2.24, 2.45) is 10.2 Å². The van der Waals surface area contributed by atoms with Gasteiger partial charge in [0.1, 0.15) is 0 Å². The number of nitrogens with one attached hydrogen (secondary N) is 4. The maximum atomic E-state index is 12.5. The molecule has 0 fully saturated rings. The van der Waals surface area contributed by atoms with Gasteiger partial charge in [-0.1, -0.05) is 47.5 Å². The molecule has 0 saturated carbocycles. The van der Waals surface area contributed by atoms with Gasteiger partial charge in [0.2, 0.25) is 11.8 Å². The fraction of sp³-hybridized carbons (Fsp3) is 0.143. The molecule has 0 atom stereocenters. The Kier molecular flexibility index (Phi) is 12.4. The topological polar surface area (TPSA) is 141 Å². The highest BCUT2D eigenvalue weighted by Gasteiger charge is 2.10. The van der Waals surface area contributed by atoms with Crippen molar-refractivity contribution < 1.29 is 19.2 Å². The Morgan fingerprint density at radius 2 is 0.936 bits per heavy atom. The summed E-state index contributed by atoms with van der Waals surface area (Å²) in [5, 5.41) is 15.0. The smallest absolute Gasteiger partial charge is 0.255 e. The zero-order chi connectivity index (χ0) is 33.8. The molecule has 0 spiro atoms. The minimum absolute atomic E-state index is 0.0828. The Morgan fingerprint density at radius 3 is 1.32 bits per heavy atom. The first kappa shape index (κ1) is 34.6. The number of rotatable bonds is 12. The predicted octanol–water partition coefficient (Wildman–Crippen LogP) is 7.05. The monoisotopic (exact) mass is 670 g/mol. The highest BCUT2D eigenvalue weighted by molar-refractivity contribution is 6.31. The van der Waals surface area contributed by atoms with Crippen molar-refractivity contribution in [1.29, 1.82) is 0 Å². The zero-order valence-corrected chi connectivity index (χ0v) is 27.2. The van der Waals surface area contributed by atoms with E-state index in [2.05, 4.69) is 31.7 Å². The Labute approximate surface area is 282 Å². The van der Waals surface area contributed by atoms with E-state index < -0.39 is 0 Å². The first-order valence-corrected chi connectivity index (χ1v) is 15.3. The van der Waals surface area contributed by atoms with E-state index in [9.17, 15) is 19.2 Å². The molecule has 4 aromatic rings. The van der Waals surface area contributed by atoms with Crippen LogP contribution in [-0.2, 0) is 9.59 Å². The van der Waals surface area contributed by atoms with Gasteiger partial charge in [-0.05, 0) is 104 Å². The number of nitrogens with zero attached hydrogens (tertiary/aromatic N) is 2. The lowest BCUT2D eigenvalue weighted by molar-refractivity contribution is -0.122. The van der Waals surface area contributed by atoms with E-state index in [0.29, 0.717) is 61.5 Å². The minimum Gasteiger partial charge on any atom is -0.322 e. The number of hydrogen-bond acceptors (Lipinski definition) is 6. The van der Waals surface area contributed by atoms with Crippen LogP contribution in [0.25, 0.3) is 0 Å². The third-order valence-corrected chi connectivity index (χ3v) is 7.30. The maximum absolute atomic E-state index is 12.5. The Hall–Kier alpha value is -5.32. The fourth-order valence-electron chi connectivity index (χ4n) is 4.20. The standard InChI is InChI=1S/C35H32Cl2N6O4/c1-22(26-6-3-8-30(20-26)38-34(46)24-12-16-28(36)17-13-24)40-42-32(44)10-5-11-33(45)43-41-23(2)27-7-4-9-31(21-27)39-35(47)25-14-18-29(37)19-15-25/h3-4,6-9,12-21H,5,10-11H2,1-2H3,(H,38,46)(H,39,47)(H,42,44)(H,43,45). The van der Waals surface area contributed by atoms with Crippen molar-refractivity contribution in [1.82, 2.24) is 10.9 Å². The summed E-state index contributed by atoms with van der Waals surface area (Å²) in [6.07, 6.45) is 0.456. The van der Waals surface area contributed by atoms with E-state index in [1.54, 1.807) is 98.8 Å². The highest BCUT2D eigenvalue weighted by atomic mass is 35.5. The van der Waals surface area contributed by atoms with Crippen molar-refractivity contribution >= 4 is 69.6 Å². The molecule has 47 heavy (non-hydrogen) atoms. The molecular weight excluding hydrogens is 639 g/mol. The SMILES string of the molecule is CC(=NNC(=O)CCCC(=O)NN=C(C)c1cccc(NC(=O)c2ccc(Cl)cc2)c1)c1cccc(NC(=O)c2ccc(Cl)cc2)c1. The number of carbonyl (C=O) groups excluding carboxylic acids is 4. The Balaban J connectivity index is 1.20. The lowest BCUT2D eigenvalue weighted by Crippen LogP contribution is -2.22. The molecule has 4 amide bonds. The summed E-state index contributed by atoms with van der Waals surface area (Å²) in [4.78, 5) is 49.7. The van der Waals surface area contributed by atoms with Crippen LogP contribution in [0.1, 0.15) is 65.0 Å². The van der Waals surface area contributed by atoms with E-state index in [0.717, 1.165) is 0 Å². The molecule has 0 radical (unpaired) electrons. The maximum Gasteiger partial charge on any atom is 0.255 e. The molecule has 4 aromatic carbocycles. The van der Waals surface area contributed by atoms with Crippen molar-refractivity contribution in [2.75, 3.05) is 10.6 Å². The third kappa shape index (κ3) is 10.9. The molecule has 4 N–H and O–H groups in total. The van der Waals surface area contributed by atoms with Gasteiger partial charge in [-0.3, -0.25) is 19.2 Å². The van der Waals surface area contributed by atoms with Crippen molar-refractivity contribution in [3.8, 4) is 0 Å². The molecule has 0 aliphatic carbocycles. The van der Waals surface area contributed by atoms with Crippen molar-refractivity contribution in [3.05, 3.63) is 129 Å². The summed E-state index contributed by atoms with van der Waals surface area (Å²) in [5.74, 6) is -1.25. The first-order valence-electron chi connectivity index (χ1n) is 14.6. The Morgan fingerprint density at radius 1 is 0.553 bits per heavy atom. The summed E-state index contributed by atoms with van der Waals surface area (Å²) in [7, 11) is 0. The van der Waals surface area contributed by atoms with E-state index in [4.69, 9.17) is 23.2 Å². The fourth-order valence-corrected chi connectivity index (χ4v) is 4.45. The number of hydrazone groups is 2. The summed E-state index contributed by atoms with van der Waals surface area (Å²) >= 11 is 11.8. The molecule has 4 rings (SSSR count). The number of carbonyl (C=O) groups is 4. The van der Waals surface area contributed by atoms with Gasteiger partial charge in [-0.25, -0.2) is 10.9 Å². The number of hydrogen-bond donors (Lipinski definition) is 4. The van der Waals surface area contributed by atoms with Crippen LogP contribution in [0.2, 0.25) is 10.0 Å². The molecule has 12 heteroatoms. The number of amides is 4. The van der Waals surface area contributed by atoms with Gasteiger partial charge in [0, 0.05) is 45.4 Å². The van der Waals surface area contributed by atoms with Gasteiger partial charge < -0.3 is 10.6 Å². The average Bonchev–Trinajstić information content (AvgIpc) is 3.07. The largest absolute Gasteiger partial charge is 0.322 e. The minimum atomic E-state index is -0.346. The van der Waals surface area contributed by atoms with Gasteiger partial charge in [-0.15, -0.1) is 0 Å². The summed E-state index contributed by atoms with van der Waals surface area (Å²) < 4.78 is 0. The normalized spacial score (nSPS) is 11.4. The van der Waals surface area contributed by atoms with E-state index in [1.807, 2.05) is 12.1 Å². The predicted molar refractivity (Wildman–Crippen MR) is 186 cm³/mol. The summed E-state index contributed by atoms with van der Waals surface area (Å²) in [6.45, 7) is 3.47. The molecule has 0 bridgehead atoms. The molecule has 0 aliphatic heterocycles. The van der Waals surface area contributed by atoms with Crippen LogP contribution in [0.5, 0.6) is 0 Å². The average molecular weight is 672 g/mol. The second kappa shape index (κ2) is 16.8. The highest BCUT2D eigenvalue weighted by Crippen LogP contribution is 2.17. The first-order chi connectivity index (χ1) is 22.6. The van der Waals surface area contributed by atoms with Crippen LogP contribution < -0.4 is 21.5 Å². The molecule has 0 saturated heterocycles. The van der Waals surface area contributed by atoms with E-state index >= 15 is 0 Å². The molecule has 0 aliphatic rings. The van der Waals surface area contributed by atoms with Crippen LogP contribution in [0.3, 0.4) is 0 Å². The van der Waals surface area contributed by atoms with Crippen LogP contribution in [-0.4, -0.2) is 35.1 Å². The van der Waals surface area contributed by atoms with Gasteiger partial charge in [0.15, 0.2) is 0 Å². The van der Waals surface area contributed by atoms with Gasteiger partial charge in [0.25, 0.3) is 11.8 Å². The molecule has 10 nitrogen and oxygen atoms in total. The molecule has 240 valence electrons. The van der Waals surface area contributed by atoms with Gasteiger partial charge in [0.05, 0.1) is 11.4 Å². The summed E-state index contributed by atoms with van der Waals surface area (Å²) in [5.41, 5.74) is 9.58. The third-order valence-electron chi connectivity index (χ3n) is 6.79. The second-order valence-corrected chi connectivity index (χ2v) is 11.3. The zero-order valence-electron chi connectivity index (χ0n) is 25.6. The number of benzene rings is 4. The Bertz CT molecular complexity index is 1690. The van der Waals surface area contributed by atoms with Crippen LogP contribution in [0.4, 0.5) is 11.4 Å². The number of halogens is 2. The van der Waals surface area contributed by atoms with Crippen LogP contribution >= 0.6 is 23.2 Å². The number of anilines is 2. The molecular formula is C35H32Cl2N6O4. The quantitative estimate of drug-likeness (QED) is 0.0947. The summed E-state index contributed by atoms with van der Waals surface area (Å²) in [6, 6.07) is 27.3. The lowest BCUT2D eigenvalue weighted by Gasteiger charge is -2.08. The lowest BCUT2D eigenvalue weighted by atomic mass is 10.1. The van der Waals surface area contributed by atoms with Crippen LogP contribution in [0, 0.1) is 0 Å². The van der Waals surface area contributed by atoms with Crippen molar-refractivity contribution in [2.45, 2.75) is 33.1 Å². The second-order valence-electron chi connectivity index (χ2n) is 10.4. The molecule has 0 aromatic heterocycles.